The number of nitrogens with zero attached hydrogens (tertiary/aromatic N) is 1. The van der Waals surface area contributed by atoms with Gasteiger partial charge in [-0.05, 0) is 58.2 Å². The minimum Gasteiger partial charge on any atom is -0.325 e. The molecule has 11 heteroatoms. The van der Waals surface area contributed by atoms with E-state index in [-0.39, 0.29) is 21.6 Å². The predicted molar refractivity (Wildman–Crippen MR) is 105 cm³/mol. The van der Waals surface area contributed by atoms with E-state index >= 15 is 0 Å². The highest BCUT2D eigenvalue weighted by Gasteiger charge is 2.40. The zero-order valence-electron chi connectivity index (χ0n) is 14.4. The normalized spacial score (nSPS) is 22.0. The van der Waals surface area contributed by atoms with E-state index < -0.39 is 39.8 Å². The van der Waals surface area contributed by atoms with Crippen molar-refractivity contribution >= 4 is 49.3 Å². The van der Waals surface area contributed by atoms with Crippen LogP contribution in [0.3, 0.4) is 0 Å². The van der Waals surface area contributed by atoms with Crippen LogP contribution in [-0.4, -0.2) is 31.7 Å². The van der Waals surface area contributed by atoms with Crippen molar-refractivity contribution in [2.24, 2.45) is 0 Å². The van der Waals surface area contributed by atoms with Crippen molar-refractivity contribution in [2.75, 3.05) is 12.4 Å². The third-order valence-electron chi connectivity index (χ3n) is 4.40. The van der Waals surface area contributed by atoms with Crippen LogP contribution < -0.4 is 10.0 Å². The summed E-state index contributed by atoms with van der Waals surface area (Å²) in [5, 5.41) is 2.36. The molecule has 0 radical (unpaired) electrons. The first-order valence-corrected chi connectivity index (χ1v) is 10.7. The fourth-order valence-corrected chi connectivity index (χ4v) is 4.56. The number of amides is 1. The van der Waals surface area contributed by atoms with Crippen molar-refractivity contribution in [1.82, 2.24) is 9.03 Å². The number of hydrogen-bond donors (Lipinski definition) is 2. The van der Waals surface area contributed by atoms with E-state index in [2.05, 4.69) is 26.0 Å². The summed E-state index contributed by atoms with van der Waals surface area (Å²) in [6, 6.07) is 6.02. The van der Waals surface area contributed by atoms with E-state index in [0.29, 0.717) is 5.56 Å². The number of likely N-dealkylation sites (N-methyl/N-ethyl adjacent to an activating group) is 1. The Bertz CT molecular complexity index is 1040. The number of carbonyl (C=O) groups excluding carboxylic acids is 1. The standard InChI is InChI=1S/C17H15BrClF2N3O3S/c1-24-16(17(25)22-10-3-5-13(20)12(19)7-10)8-15(23-28(24,26)27)9-2-4-11(18)14(21)6-9/h2-7,15-16,23H,8H2,1H3,(H,22,25). The highest BCUT2D eigenvalue weighted by molar-refractivity contribution is 9.10. The largest absolute Gasteiger partial charge is 0.325 e. The number of nitrogens with one attached hydrogen (secondary N) is 2. The van der Waals surface area contributed by atoms with Crippen molar-refractivity contribution < 1.29 is 22.0 Å². The summed E-state index contributed by atoms with van der Waals surface area (Å²) >= 11 is 8.75. The summed E-state index contributed by atoms with van der Waals surface area (Å²) in [7, 11) is -2.71. The number of halogens is 4. The van der Waals surface area contributed by atoms with Crippen molar-refractivity contribution in [3.8, 4) is 0 Å². The topological polar surface area (TPSA) is 78.5 Å². The summed E-state index contributed by atoms with van der Waals surface area (Å²) in [5.41, 5.74) is 0.618. The van der Waals surface area contributed by atoms with Gasteiger partial charge in [-0.1, -0.05) is 17.7 Å². The lowest BCUT2D eigenvalue weighted by Crippen LogP contribution is -2.55. The second kappa shape index (κ2) is 8.03. The van der Waals surface area contributed by atoms with Crippen LogP contribution in [0.5, 0.6) is 0 Å². The molecule has 1 saturated heterocycles. The van der Waals surface area contributed by atoms with Gasteiger partial charge in [0.25, 0.3) is 10.2 Å². The van der Waals surface area contributed by atoms with E-state index in [0.717, 1.165) is 10.4 Å². The van der Waals surface area contributed by atoms with Crippen LogP contribution in [0.4, 0.5) is 14.5 Å². The van der Waals surface area contributed by atoms with E-state index in [9.17, 15) is 22.0 Å². The minimum absolute atomic E-state index is 0.0670. The molecule has 1 aliphatic rings. The van der Waals surface area contributed by atoms with E-state index in [4.69, 9.17) is 11.6 Å². The summed E-state index contributed by atoms with van der Waals surface area (Å²) in [6.07, 6.45) is 0.0670. The fraction of sp³-hybridized carbons (Fsp3) is 0.235. The Labute approximate surface area is 174 Å². The molecule has 2 aromatic rings. The Hall–Kier alpha value is -1.59. The molecule has 2 atom stereocenters. The summed E-state index contributed by atoms with van der Waals surface area (Å²) in [5.74, 6) is -1.80. The molecule has 3 rings (SSSR count). The molecule has 0 bridgehead atoms. The molecule has 2 aromatic carbocycles. The van der Waals surface area contributed by atoms with Gasteiger partial charge in [0.05, 0.1) is 15.5 Å². The average molecular weight is 495 g/mol. The molecule has 28 heavy (non-hydrogen) atoms. The quantitative estimate of drug-likeness (QED) is 0.684. The fourth-order valence-electron chi connectivity index (χ4n) is 2.86. The number of rotatable bonds is 3. The third kappa shape index (κ3) is 4.36. The number of hydrogen-bond acceptors (Lipinski definition) is 3. The molecule has 0 spiro atoms. The average Bonchev–Trinajstić information content (AvgIpc) is 2.62. The SMILES string of the molecule is CN1C(C(=O)Nc2ccc(F)c(Cl)c2)CC(c2ccc(Br)c(F)c2)NS1(=O)=O. The number of carbonyl (C=O) groups is 1. The smallest absolute Gasteiger partial charge is 0.280 e. The Morgan fingerprint density at radius 1 is 1.25 bits per heavy atom. The maximum absolute atomic E-state index is 13.9. The third-order valence-corrected chi connectivity index (χ3v) is 6.93. The molecule has 0 aromatic heterocycles. The van der Waals surface area contributed by atoms with Crippen LogP contribution in [0.2, 0.25) is 5.02 Å². The van der Waals surface area contributed by atoms with Gasteiger partial charge in [0.1, 0.15) is 17.7 Å². The van der Waals surface area contributed by atoms with E-state index in [1.807, 2.05) is 0 Å². The van der Waals surface area contributed by atoms with Gasteiger partial charge in [0.15, 0.2) is 0 Å². The molecule has 1 heterocycles. The van der Waals surface area contributed by atoms with Crippen molar-refractivity contribution in [3.63, 3.8) is 0 Å². The monoisotopic (exact) mass is 493 g/mol. The van der Waals surface area contributed by atoms with Crippen LogP contribution in [0.25, 0.3) is 0 Å². The Morgan fingerprint density at radius 2 is 1.96 bits per heavy atom. The van der Waals surface area contributed by atoms with Crippen LogP contribution >= 0.6 is 27.5 Å². The number of anilines is 1. The van der Waals surface area contributed by atoms with Gasteiger partial charge in [-0.25, -0.2) is 8.78 Å². The summed E-state index contributed by atoms with van der Waals surface area (Å²) in [6.45, 7) is 0. The zero-order chi connectivity index (χ0) is 20.6. The van der Waals surface area contributed by atoms with Crippen molar-refractivity contribution in [1.29, 1.82) is 0 Å². The lowest BCUT2D eigenvalue weighted by molar-refractivity contribution is -0.120. The van der Waals surface area contributed by atoms with Crippen LogP contribution in [-0.2, 0) is 15.0 Å². The Morgan fingerprint density at radius 3 is 2.61 bits per heavy atom. The highest BCUT2D eigenvalue weighted by atomic mass is 79.9. The first-order valence-electron chi connectivity index (χ1n) is 8.04. The first-order chi connectivity index (χ1) is 13.1. The van der Waals surface area contributed by atoms with Crippen LogP contribution in [0.15, 0.2) is 40.9 Å². The second-order valence-electron chi connectivity index (χ2n) is 6.23. The van der Waals surface area contributed by atoms with Crippen molar-refractivity contribution in [3.05, 3.63) is 63.1 Å². The second-order valence-corrected chi connectivity index (χ2v) is 9.26. The predicted octanol–water partition coefficient (Wildman–Crippen LogP) is 3.60. The Balaban J connectivity index is 1.86. The molecular weight excluding hydrogens is 480 g/mol. The molecule has 0 aliphatic carbocycles. The molecule has 1 aliphatic heterocycles. The van der Waals surface area contributed by atoms with E-state index in [1.54, 1.807) is 6.07 Å². The molecule has 0 saturated carbocycles. The highest BCUT2D eigenvalue weighted by Crippen LogP contribution is 2.30. The first kappa shape index (κ1) is 21.1. The van der Waals surface area contributed by atoms with Gasteiger partial charge in [-0.2, -0.15) is 17.4 Å². The summed E-state index contributed by atoms with van der Waals surface area (Å²) < 4.78 is 55.6. The maximum atomic E-state index is 13.9. The maximum Gasteiger partial charge on any atom is 0.280 e. The molecule has 1 fully saturated rings. The lowest BCUT2D eigenvalue weighted by atomic mass is 9.99. The number of benzene rings is 2. The Kier molecular flexibility index (Phi) is 6.06. The van der Waals surface area contributed by atoms with Gasteiger partial charge in [-0.3, -0.25) is 4.79 Å². The molecule has 150 valence electrons. The molecule has 2 unspecified atom stereocenters. The van der Waals surface area contributed by atoms with Gasteiger partial charge >= 0.3 is 0 Å². The lowest BCUT2D eigenvalue weighted by Gasteiger charge is -2.36. The van der Waals surface area contributed by atoms with Gasteiger partial charge in [0.2, 0.25) is 5.91 Å². The van der Waals surface area contributed by atoms with Crippen LogP contribution in [0, 0.1) is 11.6 Å². The molecular formula is C17H15BrClF2N3O3S. The summed E-state index contributed by atoms with van der Waals surface area (Å²) in [4.78, 5) is 12.7. The van der Waals surface area contributed by atoms with Gasteiger partial charge < -0.3 is 5.32 Å². The van der Waals surface area contributed by atoms with Crippen molar-refractivity contribution in [2.45, 2.75) is 18.5 Å². The minimum atomic E-state index is -3.98. The van der Waals surface area contributed by atoms with E-state index in [1.165, 1.54) is 31.3 Å². The molecule has 6 nitrogen and oxygen atoms in total. The zero-order valence-corrected chi connectivity index (χ0v) is 17.6. The van der Waals surface area contributed by atoms with Crippen LogP contribution in [0.1, 0.15) is 18.0 Å². The van der Waals surface area contributed by atoms with Gasteiger partial charge in [-0.15, -0.1) is 0 Å². The molecule has 1 amide bonds. The van der Waals surface area contributed by atoms with Gasteiger partial charge in [0, 0.05) is 12.7 Å². The molecule has 2 N–H and O–H groups in total.